The molecule has 0 unspecified atom stereocenters. The second-order valence-corrected chi connectivity index (χ2v) is 4.40. The first kappa shape index (κ1) is 13.4. The molecule has 1 rings (SSSR count). The molecule has 0 bridgehead atoms. The minimum absolute atomic E-state index is 0.0465. The summed E-state index contributed by atoms with van der Waals surface area (Å²) in [7, 11) is 0. The lowest BCUT2D eigenvalue weighted by molar-refractivity contribution is -0.386. The van der Waals surface area contributed by atoms with Crippen molar-refractivity contribution in [2.45, 2.75) is 39.5 Å². The average Bonchev–Trinajstić information content (AvgIpc) is 2.28. The van der Waals surface area contributed by atoms with Crippen LogP contribution in [-0.2, 0) is 6.42 Å². The lowest BCUT2D eigenvalue weighted by Gasteiger charge is -2.09. The Morgan fingerprint density at radius 2 is 2.24 bits per heavy atom. The first-order chi connectivity index (χ1) is 7.97. The third kappa shape index (κ3) is 3.12. The zero-order valence-corrected chi connectivity index (χ0v) is 10.6. The fourth-order valence-corrected chi connectivity index (χ4v) is 1.68. The Hall–Kier alpha value is -1.71. The molecular formula is C13H18N2O2. The molecule has 0 spiro atoms. The van der Waals surface area contributed by atoms with E-state index in [9.17, 15) is 10.1 Å². The van der Waals surface area contributed by atoms with Gasteiger partial charge in [0.15, 0.2) is 0 Å². The number of allylic oxidation sites excluding steroid dienone is 1. The van der Waals surface area contributed by atoms with Gasteiger partial charge in [-0.2, -0.15) is 0 Å². The number of hydrogen-bond acceptors (Lipinski definition) is 3. The Balaban J connectivity index is 3.25. The van der Waals surface area contributed by atoms with Crippen LogP contribution in [0.4, 0.5) is 5.69 Å². The molecule has 0 atom stereocenters. The van der Waals surface area contributed by atoms with E-state index in [0.29, 0.717) is 17.7 Å². The van der Waals surface area contributed by atoms with Gasteiger partial charge in [-0.1, -0.05) is 32.9 Å². The number of hydrogen-bond donors (Lipinski definition) is 0. The smallest absolute Gasteiger partial charge is 0.258 e. The zero-order valence-electron chi connectivity index (χ0n) is 10.6. The van der Waals surface area contributed by atoms with Crippen LogP contribution in [0.5, 0.6) is 0 Å². The topological polar surface area (TPSA) is 56.0 Å². The van der Waals surface area contributed by atoms with Crippen molar-refractivity contribution in [2.24, 2.45) is 0 Å². The van der Waals surface area contributed by atoms with E-state index in [0.717, 1.165) is 12.0 Å². The van der Waals surface area contributed by atoms with Crippen molar-refractivity contribution in [1.82, 2.24) is 4.98 Å². The molecular weight excluding hydrogens is 216 g/mol. The highest BCUT2D eigenvalue weighted by Gasteiger charge is 2.22. The minimum Gasteiger partial charge on any atom is -0.258 e. The Morgan fingerprint density at radius 3 is 2.71 bits per heavy atom. The van der Waals surface area contributed by atoms with E-state index in [-0.39, 0.29) is 16.5 Å². The predicted octanol–water partition coefficient (Wildman–Crippen LogP) is 3.62. The summed E-state index contributed by atoms with van der Waals surface area (Å²) >= 11 is 0. The second kappa shape index (κ2) is 5.57. The summed E-state index contributed by atoms with van der Waals surface area (Å²) in [6, 6.07) is 1.71. The fraction of sp³-hybridized carbons (Fsp3) is 0.462. The normalized spacial score (nSPS) is 10.6. The number of rotatable bonds is 5. The molecule has 92 valence electrons. The molecule has 0 aliphatic heterocycles. The number of aromatic nitrogens is 1. The van der Waals surface area contributed by atoms with Crippen molar-refractivity contribution >= 4 is 5.69 Å². The van der Waals surface area contributed by atoms with Gasteiger partial charge >= 0.3 is 0 Å². The molecule has 0 amide bonds. The lowest BCUT2D eigenvalue weighted by atomic mass is 9.99. The maximum Gasteiger partial charge on any atom is 0.294 e. The van der Waals surface area contributed by atoms with E-state index < -0.39 is 0 Å². The molecule has 0 saturated heterocycles. The molecule has 0 radical (unpaired) electrons. The van der Waals surface area contributed by atoms with Gasteiger partial charge in [0.2, 0.25) is 0 Å². The molecule has 4 nitrogen and oxygen atoms in total. The molecule has 0 aromatic carbocycles. The van der Waals surface area contributed by atoms with E-state index in [2.05, 4.69) is 11.6 Å². The Labute approximate surface area is 102 Å². The van der Waals surface area contributed by atoms with E-state index >= 15 is 0 Å². The van der Waals surface area contributed by atoms with Crippen LogP contribution in [0.3, 0.4) is 0 Å². The summed E-state index contributed by atoms with van der Waals surface area (Å²) in [5.74, 6) is 0.0465. The van der Waals surface area contributed by atoms with Crippen molar-refractivity contribution in [2.75, 3.05) is 0 Å². The van der Waals surface area contributed by atoms with Crippen molar-refractivity contribution in [3.05, 3.63) is 45.8 Å². The predicted molar refractivity (Wildman–Crippen MR) is 68.1 cm³/mol. The van der Waals surface area contributed by atoms with Gasteiger partial charge < -0.3 is 0 Å². The van der Waals surface area contributed by atoms with E-state index in [1.54, 1.807) is 12.3 Å². The molecule has 17 heavy (non-hydrogen) atoms. The molecule has 1 aromatic heterocycles. The highest BCUT2D eigenvalue weighted by Crippen LogP contribution is 2.29. The number of nitrogens with zero attached hydrogens (tertiary/aromatic N) is 2. The van der Waals surface area contributed by atoms with Crippen LogP contribution in [0.25, 0.3) is 0 Å². The molecule has 1 aromatic rings. The van der Waals surface area contributed by atoms with Gasteiger partial charge in [0.1, 0.15) is 5.69 Å². The van der Waals surface area contributed by atoms with Gasteiger partial charge in [0, 0.05) is 17.7 Å². The highest BCUT2D eigenvalue weighted by molar-refractivity contribution is 5.46. The molecule has 0 aliphatic carbocycles. The van der Waals surface area contributed by atoms with Gasteiger partial charge in [-0.15, -0.1) is 0 Å². The van der Waals surface area contributed by atoms with E-state index in [4.69, 9.17) is 0 Å². The maximum atomic E-state index is 11.2. The Kier molecular flexibility index (Phi) is 4.37. The summed E-state index contributed by atoms with van der Waals surface area (Å²) < 4.78 is 0. The van der Waals surface area contributed by atoms with Crippen molar-refractivity contribution < 1.29 is 4.92 Å². The molecule has 0 aliphatic rings. The second-order valence-electron chi connectivity index (χ2n) is 4.40. The molecule has 0 N–H and O–H groups in total. The van der Waals surface area contributed by atoms with Crippen molar-refractivity contribution in [3.8, 4) is 0 Å². The summed E-state index contributed by atoms with van der Waals surface area (Å²) in [4.78, 5) is 14.9. The van der Waals surface area contributed by atoms with E-state index in [1.807, 2.05) is 20.8 Å². The van der Waals surface area contributed by atoms with Gasteiger partial charge in [-0.05, 0) is 18.9 Å². The quantitative estimate of drug-likeness (QED) is 0.444. The summed E-state index contributed by atoms with van der Waals surface area (Å²) in [6.45, 7) is 9.72. The monoisotopic (exact) mass is 234 g/mol. The fourth-order valence-electron chi connectivity index (χ4n) is 1.68. The number of pyridine rings is 1. The SMILES string of the molecule is C=C(CC)Cc1ccnc(C(C)C)c1[N+](=O)[O-]. The molecule has 0 saturated carbocycles. The van der Waals surface area contributed by atoms with Gasteiger partial charge in [-0.3, -0.25) is 15.1 Å². The third-order valence-electron chi connectivity index (χ3n) is 2.71. The highest BCUT2D eigenvalue weighted by atomic mass is 16.6. The Bertz CT molecular complexity index is 439. The standard InChI is InChI=1S/C13H18N2O2/c1-5-10(4)8-11-6-7-14-12(9(2)3)13(11)15(16)17/h6-7,9H,4-5,8H2,1-3H3. The van der Waals surface area contributed by atoms with Crippen LogP contribution in [0.2, 0.25) is 0 Å². The minimum atomic E-state index is -0.333. The molecule has 1 heterocycles. The first-order valence-electron chi connectivity index (χ1n) is 5.76. The lowest BCUT2D eigenvalue weighted by Crippen LogP contribution is -2.05. The van der Waals surface area contributed by atoms with Gasteiger partial charge in [0.25, 0.3) is 5.69 Å². The number of nitro groups is 1. The van der Waals surface area contributed by atoms with Crippen molar-refractivity contribution in [3.63, 3.8) is 0 Å². The van der Waals surface area contributed by atoms with Crippen LogP contribution >= 0.6 is 0 Å². The summed E-state index contributed by atoms with van der Waals surface area (Å²) in [6.07, 6.45) is 3.02. The largest absolute Gasteiger partial charge is 0.294 e. The summed E-state index contributed by atoms with van der Waals surface area (Å²) in [5, 5.41) is 11.2. The zero-order chi connectivity index (χ0) is 13.0. The van der Waals surface area contributed by atoms with Crippen LogP contribution in [-0.4, -0.2) is 9.91 Å². The molecule has 0 fully saturated rings. The van der Waals surface area contributed by atoms with Crippen LogP contribution in [0.15, 0.2) is 24.4 Å². The van der Waals surface area contributed by atoms with Crippen molar-refractivity contribution in [1.29, 1.82) is 0 Å². The first-order valence-corrected chi connectivity index (χ1v) is 5.76. The average molecular weight is 234 g/mol. The molecule has 4 heteroatoms. The summed E-state index contributed by atoms with van der Waals surface area (Å²) in [5.41, 5.74) is 2.41. The Morgan fingerprint density at radius 1 is 1.59 bits per heavy atom. The van der Waals surface area contributed by atoms with Crippen LogP contribution in [0, 0.1) is 10.1 Å². The maximum absolute atomic E-state index is 11.2. The van der Waals surface area contributed by atoms with Crippen LogP contribution < -0.4 is 0 Å². The van der Waals surface area contributed by atoms with Gasteiger partial charge in [-0.25, -0.2) is 0 Å². The third-order valence-corrected chi connectivity index (χ3v) is 2.71. The van der Waals surface area contributed by atoms with E-state index in [1.165, 1.54) is 0 Å². The van der Waals surface area contributed by atoms with Crippen LogP contribution in [0.1, 0.15) is 44.4 Å². The van der Waals surface area contributed by atoms with Gasteiger partial charge in [0.05, 0.1) is 4.92 Å².